The number of nitrogens with two attached hydrogens (primary N) is 1. The molecule has 19 heavy (non-hydrogen) atoms. The normalized spacial score (nSPS) is 10.6. The molecule has 2 N–H and O–H groups in total. The number of hydrogen-bond acceptors (Lipinski definition) is 5. The second-order valence-corrected chi connectivity index (χ2v) is 5.00. The van der Waals surface area contributed by atoms with E-state index in [0.717, 1.165) is 12.0 Å². The first-order valence-electron chi connectivity index (χ1n) is 5.72. The van der Waals surface area contributed by atoms with Gasteiger partial charge in [-0.1, -0.05) is 34.4 Å². The third-order valence-corrected chi connectivity index (χ3v) is 3.13. The van der Waals surface area contributed by atoms with Gasteiger partial charge in [-0.3, -0.25) is 10.1 Å². The molecule has 6 nitrogen and oxygen atoms in total. The molecule has 0 fully saturated rings. The molecule has 0 amide bonds. The van der Waals surface area contributed by atoms with Crippen LogP contribution in [0.1, 0.15) is 18.9 Å². The number of nitro benzene ring substituents is 1. The van der Waals surface area contributed by atoms with E-state index in [1.54, 1.807) is 6.07 Å². The van der Waals surface area contributed by atoms with Crippen molar-refractivity contribution in [3.8, 4) is 11.3 Å². The predicted molar refractivity (Wildman–Crippen MR) is 74.7 cm³/mol. The molecule has 0 radical (unpaired) electrons. The number of nitrogens with zero attached hydrogens (tertiary/aromatic N) is 2. The fourth-order valence-electron chi connectivity index (χ4n) is 1.85. The van der Waals surface area contributed by atoms with E-state index in [0.29, 0.717) is 28.0 Å². The molecule has 0 saturated heterocycles. The first kappa shape index (κ1) is 13.5. The minimum atomic E-state index is -0.451. The summed E-state index contributed by atoms with van der Waals surface area (Å²) in [6.07, 6.45) is 1.60. The first-order chi connectivity index (χ1) is 9.02. The topological polar surface area (TPSA) is 95.2 Å². The Morgan fingerprint density at radius 3 is 2.84 bits per heavy atom. The molecule has 2 aromatic rings. The summed E-state index contributed by atoms with van der Waals surface area (Å²) < 4.78 is 5.81. The zero-order valence-corrected chi connectivity index (χ0v) is 11.8. The van der Waals surface area contributed by atoms with Crippen molar-refractivity contribution in [3.05, 3.63) is 38.3 Å². The molecule has 1 heterocycles. The fraction of sp³-hybridized carbons (Fsp3) is 0.250. The SMILES string of the molecule is CCCc1c(N)noc1-c1cc(Br)cc([N+](=O)[O-])c1. The lowest BCUT2D eigenvalue weighted by atomic mass is 10.0. The highest BCUT2D eigenvalue weighted by Gasteiger charge is 2.18. The lowest BCUT2D eigenvalue weighted by Crippen LogP contribution is -1.93. The molecule has 0 atom stereocenters. The molecule has 0 aliphatic carbocycles. The molecule has 0 aliphatic rings. The van der Waals surface area contributed by atoms with Crippen LogP contribution in [0.4, 0.5) is 11.5 Å². The van der Waals surface area contributed by atoms with Crippen molar-refractivity contribution >= 4 is 27.4 Å². The van der Waals surface area contributed by atoms with Gasteiger partial charge in [0.2, 0.25) is 0 Å². The Hall–Kier alpha value is -1.89. The number of benzene rings is 1. The Kier molecular flexibility index (Phi) is 3.84. The number of rotatable bonds is 4. The molecule has 1 aromatic heterocycles. The van der Waals surface area contributed by atoms with Crippen LogP contribution in [0.25, 0.3) is 11.3 Å². The average molecular weight is 326 g/mol. The zero-order chi connectivity index (χ0) is 14.0. The number of aromatic nitrogens is 1. The van der Waals surface area contributed by atoms with Crippen molar-refractivity contribution in [1.82, 2.24) is 5.16 Å². The summed E-state index contributed by atoms with van der Waals surface area (Å²) in [7, 11) is 0. The molecular formula is C12H12BrN3O3. The second-order valence-electron chi connectivity index (χ2n) is 4.08. The van der Waals surface area contributed by atoms with E-state index in [1.165, 1.54) is 12.1 Å². The van der Waals surface area contributed by atoms with E-state index in [-0.39, 0.29) is 5.69 Å². The first-order valence-corrected chi connectivity index (χ1v) is 6.51. The highest BCUT2D eigenvalue weighted by Crippen LogP contribution is 2.33. The van der Waals surface area contributed by atoms with E-state index in [2.05, 4.69) is 21.1 Å². The largest absolute Gasteiger partial charge is 0.381 e. The predicted octanol–water partition coefficient (Wildman–Crippen LogP) is 3.55. The van der Waals surface area contributed by atoms with E-state index in [4.69, 9.17) is 10.3 Å². The number of hydrogen-bond donors (Lipinski definition) is 1. The summed E-state index contributed by atoms with van der Waals surface area (Å²) in [6.45, 7) is 2.01. The maximum absolute atomic E-state index is 10.9. The third-order valence-electron chi connectivity index (χ3n) is 2.67. The van der Waals surface area contributed by atoms with E-state index >= 15 is 0 Å². The van der Waals surface area contributed by atoms with E-state index in [9.17, 15) is 10.1 Å². The number of nitrogen functional groups attached to an aromatic ring is 1. The Morgan fingerprint density at radius 1 is 1.47 bits per heavy atom. The van der Waals surface area contributed by atoms with E-state index in [1.807, 2.05) is 6.92 Å². The van der Waals surface area contributed by atoms with Crippen molar-refractivity contribution in [2.45, 2.75) is 19.8 Å². The van der Waals surface area contributed by atoms with Crippen LogP contribution < -0.4 is 5.73 Å². The molecule has 0 unspecified atom stereocenters. The Morgan fingerprint density at radius 2 is 2.21 bits per heavy atom. The highest BCUT2D eigenvalue weighted by molar-refractivity contribution is 9.10. The van der Waals surface area contributed by atoms with Crippen molar-refractivity contribution in [2.24, 2.45) is 0 Å². The average Bonchev–Trinajstić information content (AvgIpc) is 2.71. The van der Waals surface area contributed by atoms with Crippen molar-refractivity contribution < 1.29 is 9.45 Å². The number of non-ortho nitro benzene ring substituents is 1. The van der Waals surface area contributed by atoms with Crippen molar-refractivity contribution in [1.29, 1.82) is 0 Å². The molecule has 2 rings (SSSR count). The number of halogens is 1. The summed E-state index contributed by atoms with van der Waals surface area (Å²) in [4.78, 5) is 10.4. The van der Waals surface area contributed by atoms with Crippen LogP contribution in [0.15, 0.2) is 27.2 Å². The Balaban J connectivity index is 2.55. The van der Waals surface area contributed by atoms with Gasteiger partial charge in [-0.05, 0) is 12.5 Å². The highest BCUT2D eigenvalue weighted by atomic mass is 79.9. The number of nitro groups is 1. The monoisotopic (exact) mass is 325 g/mol. The molecule has 1 aromatic carbocycles. The summed E-state index contributed by atoms with van der Waals surface area (Å²) in [5, 5.41) is 14.6. The Bertz CT molecular complexity index is 625. The molecule has 7 heteroatoms. The van der Waals surface area contributed by atoms with Gasteiger partial charge in [0.15, 0.2) is 11.6 Å². The van der Waals surface area contributed by atoms with Gasteiger partial charge in [-0.15, -0.1) is 0 Å². The van der Waals surface area contributed by atoms with Crippen LogP contribution in [0, 0.1) is 10.1 Å². The molecule has 0 bridgehead atoms. The lowest BCUT2D eigenvalue weighted by Gasteiger charge is -2.02. The fourth-order valence-corrected chi connectivity index (χ4v) is 2.33. The van der Waals surface area contributed by atoms with Gasteiger partial charge in [-0.2, -0.15) is 0 Å². The molecule has 0 aliphatic heterocycles. The third kappa shape index (κ3) is 2.76. The summed E-state index contributed by atoms with van der Waals surface area (Å²) in [6, 6.07) is 4.62. The van der Waals surface area contributed by atoms with Crippen LogP contribution in [-0.4, -0.2) is 10.1 Å². The molecule has 100 valence electrons. The summed E-state index contributed by atoms with van der Waals surface area (Å²) in [5.74, 6) is 0.822. The van der Waals surface area contributed by atoms with Crippen LogP contribution in [-0.2, 0) is 6.42 Å². The van der Waals surface area contributed by atoms with Crippen LogP contribution in [0.3, 0.4) is 0 Å². The van der Waals surface area contributed by atoms with Gasteiger partial charge < -0.3 is 10.3 Å². The van der Waals surface area contributed by atoms with Gasteiger partial charge in [-0.25, -0.2) is 0 Å². The van der Waals surface area contributed by atoms with Gasteiger partial charge in [0.25, 0.3) is 5.69 Å². The van der Waals surface area contributed by atoms with Crippen LogP contribution >= 0.6 is 15.9 Å². The minimum Gasteiger partial charge on any atom is -0.381 e. The summed E-state index contributed by atoms with van der Waals surface area (Å²) >= 11 is 3.25. The standard InChI is InChI=1S/C12H12BrN3O3/c1-2-3-10-11(19-15-12(10)14)7-4-8(13)6-9(5-7)16(17)18/h4-6H,2-3H2,1H3,(H2,14,15). The van der Waals surface area contributed by atoms with Gasteiger partial charge in [0, 0.05) is 27.7 Å². The number of anilines is 1. The maximum Gasteiger partial charge on any atom is 0.271 e. The van der Waals surface area contributed by atoms with Crippen molar-refractivity contribution in [2.75, 3.05) is 5.73 Å². The van der Waals surface area contributed by atoms with Gasteiger partial charge in [0.05, 0.1) is 4.92 Å². The molecular weight excluding hydrogens is 314 g/mol. The second kappa shape index (κ2) is 5.40. The van der Waals surface area contributed by atoms with Gasteiger partial charge in [0.1, 0.15) is 0 Å². The maximum atomic E-state index is 10.9. The molecule has 0 spiro atoms. The smallest absolute Gasteiger partial charge is 0.271 e. The quantitative estimate of drug-likeness (QED) is 0.685. The van der Waals surface area contributed by atoms with Crippen LogP contribution in [0.5, 0.6) is 0 Å². The van der Waals surface area contributed by atoms with E-state index < -0.39 is 4.92 Å². The lowest BCUT2D eigenvalue weighted by molar-refractivity contribution is -0.384. The van der Waals surface area contributed by atoms with Gasteiger partial charge >= 0.3 is 0 Å². The minimum absolute atomic E-state index is 0.0122. The zero-order valence-electron chi connectivity index (χ0n) is 10.2. The summed E-state index contributed by atoms with van der Waals surface area (Å²) in [5.41, 5.74) is 7.12. The van der Waals surface area contributed by atoms with Crippen LogP contribution in [0.2, 0.25) is 0 Å². The molecule has 0 saturated carbocycles. The Labute approximate surface area is 117 Å². The van der Waals surface area contributed by atoms with Crippen molar-refractivity contribution in [3.63, 3.8) is 0 Å².